The zero-order valence-electron chi connectivity index (χ0n) is 9.01. The number of hydrogen-bond acceptors (Lipinski definition) is 2. The molecule has 1 aliphatic heterocycles. The fourth-order valence-corrected chi connectivity index (χ4v) is 2.15. The highest BCUT2D eigenvalue weighted by atomic mass is 79.9. The summed E-state index contributed by atoms with van der Waals surface area (Å²) in [7, 11) is 0. The van der Waals surface area contributed by atoms with Gasteiger partial charge in [-0.05, 0) is 25.7 Å². The van der Waals surface area contributed by atoms with Gasteiger partial charge in [0, 0.05) is 18.5 Å². The van der Waals surface area contributed by atoms with Crippen LogP contribution < -0.4 is 0 Å². The maximum atomic E-state index is 5.79. The van der Waals surface area contributed by atoms with Crippen molar-refractivity contribution in [3.8, 4) is 0 Å². The van der Waals surface area contributed by atoms with Gasteiger partial charge in [0.2, 0.25) is 0 Å². The molecule has 0 bridgehead atoms. The van der Waals surface area contributed by atoms with Crippen LogP contribution in [0.2, 0.25) is 0 Å². The van der Waals surface area contributed by atoms with Gasteiger partial charge in [0.15, 0.2) is 0 Å². The quantitative estimate of drug-likeness (QED) is 0.520. The third kappa shape index (κ3) is 4.76. The second kappa shape index (κ2) is 7.66. The average molecular weight is 265 g/mol. The van der Waals surface area contributed by atoms with Gasteiger partial charge in [0.25, 0.3) is 0 Å². The van der Waals surface area contributed by atoms with E-state index < -0.39 is 0 Å². The standard InChI is InChI=1S/C11H21BrO2/c1-2-3-7-13-8-6-10-4-5-11(9-12)14-10/h10-11H,2-9H2,1H3/t10-,11?/m1/s1. The fourth-order valence-electron chi connectivity index (χ4n) is 1.67. The molecule has 0 aromatic rings. The first-order chi connectivity index (χ1) is 6.86. The predicted molar refractivity (Wildman–Crippen MR) is 62.0 cm³/mol. The van der Waals surface area contributed by atoms with Crippen LogP contribution in [-0.2, 0) is 9.47 Å². The van der Waals surface area contributed by atoms with Crippen LogP contribution in [0.15, 0.2) is 0 Å². The lowest BCUT2D eigenvalue weighted by Gasteiger charge is -2.11. The number of halogens is 1. The van der Waals surface area contributed by atoms with Crippen LogP contribution in [0.4, 0.5) is 0 Å². The third-order valence-electron chi connectivity index (χ3n) is 2.59. The Morgan fingerprint density at radius 1 is 1.29 bits per heavy atom. The van der Waals surface area contributed by atoms with Gasteiger partial charge < -0.3 is 9.47 Å². The van der Waals surface area contributed by atoms with Gasteiger partial charge in [0.05, 0.1) is 12.2 Å². The van der Waals surface area contributed by atoms with Gasteiger partial charge in [0.1, 0.15) is 0 Å². The van der Waals surface area contributed by atoms with E-state index in [4.69, 9.17) is 9.47 Å². The molecule has 2 nitrogen and oxygen atoms in total. The van der Waals surface area contributed by atoms with Crippen molar-refractivity contribution in [2.45, 2.75) is 51.2 Å². The maximum absolute atomic E-state index is 5.79. The Bertz CT molecular complexity index is 141. The molecule has 84 valence electrons. The topological polar surface area (TPSA) is 18.5 Å². The largest absolute Gasteiger partial charge is 0.381 e. The van der Waals surface area contributed by atoms with Crippen molar-refractivity contribution in [1.29, 1.82) is 0 Å². The monoisotopic (exact) mass is 264 g/mol. The molecule has 1 unspecified atom stereocenters. The van der Waals surface area contributed by atoms with E-state index in [2.05, 4.69) is 22.9 Å². The second-order valence-corrected chi connectivity index (χ2v) is 4.51. The van der Waals surface area contributed by atoms with E-state index in [1.807, 2.05) is 0 Å². The number of hydrogen-bond donors (Lipinski definition) is 0. The molecule has 14 heavy (non-hydrogen) atoms. The molecule has 1 heterocycles. The van der Waals surface area contributed by atoms with E-state index >= 15 is 0 Å². The summed E-state index contributed by atoms with van der Waals surface area (Å²) in [6.07, 6.45) is 6.74. The Labute approximate surface area is 95.5 Å². The first-order valence-electron chi connectivity index (χ1n) is 5.66. The molecule has 1 rings (SSSR count). The normalized spacial score (nSPS) is 27.0. The molecule has 0 saturated carbocycles. The molecular weight excluding hydrogens is 244 g/mol. The van der Waals surface area contributed by atoms with Crippen LogP contribution in [-0.4, -0.2) is 30.8 Å². The summed E-state index contributed by atoms with van der Waals surface area (Å²) in [6.45, 7) is 3.95. The Morgan fingerprint density at radius 2 is 2.07 bits per heavy atom. The number of rotatable bonds is 7. The van der Waals surface area contributed by atoms with Gasteiger partial charge >= 0.3 is 0 Å². The zero-order chi connectivity index (χ0) is 10.2. The van der Waals surface area contributed by atoms with Crippen molar-refractivity contribution in [3.05, 3.63) is 0 Å². The summed E-state index contributed by atoms with van der Waals surface area (Å²) < 4.78 is 11.3. The van der Waals surface area contributed by atoms with Gasteiger partial charge in [-0.25, -0.2) is 0 Å². The van der Waals surface area contributed by atoms with Crippen molar-refractivity contribution in [1.82, 2.24) is 0 Å². The molecular formula is C11H21BrO2. The highest BCUT2D eigenvalue weighted by molar-refractivity contribution is 9.09. The van der Waals surface area contributed by atoms with Crippen LogP contribution in [0.3, 0.4) is 0 Å². The summed E-state index contributed by atoms with van der Waals surface area (Å²) in [5.41, 5.74) is 0. The van der Waals surface area contributed by atoms with Gasteiger partial charge in [-0.3, -0.25) is 0 Å². The Balaban J connectivity index is 1.92. The lowest BCUT2D eigenvalue weighted by atomic mass is 10.2. The predicted octanol–water partition coefficient (Wildman–Crippen LogP) is 3.14. The van der Waals surface area contributed by atoms with Gasteiger partial charge in [-0.2, -0.15) is 0 Å². The first-order valence-corrected chi connectivity index (χ1v) is 6.78. The molecule has 0 N–H and O–H groups in total. The molecule has 0 radical (unpaired) electrons. The smallest absolute Gasteiger partial charge is 0.0676 e. The summed E-state index contributed by atoms with van der Waals surface area (Å²) in [4.78, 5) is 0. The summed E-state index contributed by atoms with van der Waals surface area (Å²) in [5.74, 6) is 0. The SMILES string of the molecule is CCCCOCC[C@H]1CCC(CBr)O1. The van der Waals surface area contributed by atoms with Crippen LogP contribution in [0.1, 0.15) is 39.0 Å². The van der Waals surface area contributed by atoms with Crippen molar-refractivity contribution in [2.75, 3.05) is 18.5 Å². The lowest BCUT2D eigenvalue weighted by Crippen LogP contribution is -2.14. The van der Waals surface area contributed by atoms with Crippen molar-refractivity contribution < 1.29 is 9.47 Å². The summed E-state index contributed by atoms with van der Waals surface area (Å²) in [6, 6.07) is 0. The van der Waals surface area contributed by atoms with Crippen LogP contribution in [0, 0.1) is 0 Å². The first kappa shape index (κ1) is 12.5. The number of ether oxygens (including phenoxy) is 2. The molecule has 3 heteroatoms. The van der Waals surface area contributed by atoms with E-state index in [0.717, 1.165) is 25.0 Å². The van der Waals surface area contributed by atoms with E-state index in [1.54, 1.807) is 0 Å². The Hall–Kier alpha value is 0.400. The molecule has 0 aliphatic carbocycles. The third-order valence-corrected chi connectivity index (χ3v) is 3.32. The molecule has 0 aromatic carbocycles. The molecule has 0 spiro atoms. The highest BCUT2D eigenvalue weighted by Gasteiger charge is 2.23. The minimum atomic E-state index is 0.440. The lowest BCUT2D eigenvalue weighted by molar-refractivity contribution is 0.0283. The summed E-state index contributed by atoms with van der Waals surface area (Å²) in [5, 5.41) is 0.972. The molecule has 2 atom stereocenters. The minimum Gasteiger partial charge on any atom is -0.381 e. The number of alkyl halides is 1. The zero-order valence-corrected chi connectivity index (χ0v) is 10.6. The summed E-state index contributed by atoms with van der Waals surface area (Å²) >= 11 is 3.45. The Morgan fingerprint density at radius 3 is 2.71 bits per heavy atom. The van der Waals surface area contributed by atoms with Crippen LogP contribution in [0.5, 0.6) is 0 Å². The molecule has 1 aliphatic rings. The minimum absolute atomic E-state index is 0.440. The second-order valence-electron chi connectivity index (χ2n) is 3.87. The van der Waals surface area contributed by atoms with E-state index in [0.29, 0.717) is 12.2 Å². The molecule has 1 fully saturated rings. The fraction of sp³-hybridized carbons (Fsp3) is 1.00. The molecule has 0 aromatic heterocycles. The van der Waals surface area contributed by atoms with Crippen molar-refractivity contribution >= 4 is 15.9 Å². The van der Waals surface area contributed by atoms with Gasteiger partial charge in [-0.1, -0.05) is 29.3 Å². The number of unbranched alkanes of at least 4 members (excludes halogenated alkanes) is 1. The molecule has 1 saturated heterocycles. The highest BCUT2D eigenvalue weighted by Crippen LogP contribution is 2.23. The Kier molecular flexibility index (Phi) is 6.82. The van der Waals surface area contributed by atoms with E-state index in [-0.39, 0.29) is 0 Å². The van der Waals surface area contributed by atoms with Crippen molar-refractivity contribution in [2.24, 2.45) is 0 Å². The maximum Gasteiger partial charge on any atom is 0.0676 e. The molecule has 0 amide bonds. The van der Waals surface area contributed by atoms with E-state index in [1.165, 1.54) is 25.7 Å². The van der Waals surface area contributed by atoms with Gasteiger partial charge in [-0.15, -0.1) is 0 Å². The van der Waals surface area contributed by atoms with E-state index in [9.17, 15) is 0 Å². The van der Waals surface area contributed by atoms with Crippen molar-refractivity contribution in [3.63, 3.8) is 0 Å². The van der Waals surface area contributed by atoms with Crippen LogP contribution in [0.25, 0.3) is 0 Å². The average Bonchev–Trinajstić information content (AvgIpc) is 2.65. The van der Waals surface area contributed by atoms with Crippen LogP contribution >= 0.6 is 15.9 Å².